The van der Waals surface area contributed by atoms with Gasteiger partial charge in [-0.1, -0.05) is 56.3 Å². The van der Waals surface area contributed by atoms with Crippen LogP contribution in [0, 0.1) is 11.8 Å². The van der Waals surface area contributed by atoms with E-state index >= 15 is 0 Å². The van der Waals surface area contributed by atoms with Gasteiger partial charge in [0.15, 0.2) is 6.29 Å². The van der Waals surface area contributed by atoms with E-state index in [4.69, 9.17) is 9.57 Å². The van der Waals surface area contributed by atoms with E-state index in [2.05, 4.69) is 22.9 Å². The zero-order valence-electron chi connectivity index (χ0n) is 22.3. The maximum atomic E-state index is 13.7. The SMILES string of the molecule is CC(C)[C@@H]1NC(=O)[C@@H](CC(=O)NOC2CCCCO2)CCC/C=C/CCCN(Cc2ccccc2)C1=O. The summed E-state index contributed by atoms with van der Waals surface area (Å²) in [6.45, 7) is 5.60. The number of hydrogen-bond donors (Lipinski definition) is 2. The van der Waals surface area contributed by atoms with Crippen molar-refractivity contribution in [2.24, 2.45) is 11.8 Å². The standard InChI is InChI=1S/C29H43N3O5/c1-22(2)27-29(35)32(21-23-14-8-7-9-15-23)18-12-6-4-3-5-10-16-24(28(34)30-27)20-25(33)31-37-26-17-11-13-19-36-26/h3-4,7-9,14-15,22,24,26-27H,5-6,10-13,16-21H2,1-2H3,(H,30,34)(H,31,33)/b4-3+/t24-,26?,27+/m1/s1. The molecule has 0 saturated carbocycles. The van der Waals surface area contributed by atoms with E-state index in [0.29, 0.717) is 26.1 Å². The molecule has 37 heavy (non-hydrogen) atoms. The molecule has 0 aliphatic carbocycles. The van der Waals surface area contributed by atoms with Crippen LogP contribution in [0.25, 0.3) is 0 Å². The molecular formula is C29H43N3O5. The Kier molecular flexibility index (Phi) is 12.1. The van der Waals surface area contributed by atoms with Gasteiger partial charge in [-0.25, -0.2) is 10.3 Å². The highest BCUT2D eigenvalue weighted by molar-refractivity contribution is 5.90. The Bertz CT molecular complexity index is 883. The van der Waals surface area contributed by atoms with Crippen molar-refractivity contribution < 1.29 is 24.0 Å². The highest BCUT2D eigenvalue weighted by Crippen LogP contribution is 2.19. The summed E-state index contributed by atoms with van der Waals surface area (Å²) in [4.78, 5) is 47.0. The predicted octanol–water partition coefficient (Wildman–Crippen LogP) is 4.26. The number of nitrogens with zero attached hydrogens (tertiary/aromatic N) is 1. The van der Waals surface area contributed by atoms with Crippen LogP contribution in [-0.2, 0) is 30.5 Å². The summed E-state index contributed by atoms with van der Waals surface area (Å²) in [6, 6.07) is 9.25. The quantitative estimate of drug-likeness (QED) is 0.420. The molecule has 2 heterocycles. The van der Waals surface area contributed by atoms with Crippen LogP contribution in [-0.4, -0.2) is 48.1 Å². The minimum Gasteiger partial charge on any atom is -0.350 e. The van der Waals surface area contributed by atoms with Gasteiger partial charge in [-0.2, -0.15) is 0 Å². The van der Waals surface area contributed by atoms with E-state index in [9.17, 15) is 14.4 Å². The van der Waals surface area contributed by atoms with Crippen molar-refractivity contribution in [3.63, 3.8) is 0 Å². The third-order valence-corrected chi connectivity index (χ3v) is 6.89. The molecule has 0 bridgehead atoms. The molecule has 2 N–H and O–H groups in total. The number of nitrogens with one attached hydrogen (secondary N) is 2. The van der Waals surface area contributed by atoms with Crippen LogP contribution in [0.5, 0.6) is 0 Å². The second-order valence-electron chi connectivity index (χ2n) is 10.4. The van der Waals surface area contributed by atoms with Crippen molar-refractivity contribution >= 4 is 17.7 Å². The van der Waals surface area contributed by atoms with Crippen molar-refractivity contribution in [2.75, 3.05) is 13.2 Å². The van der Waals surface area contributed by atoms with Gasteiger partial charge in [0.2, 0.25) is 17.7 Å². The predicted molar refractivity (Wildman–Crippen MR) is 142 cm³/mol. The van der Waals surface area contributed by atoms with Crippen LogP contribution in [0.15, 0.2) is 42.5 Å². The number of hydroxylamine groups is 1. The normalized spacial score (nSPS) is 25.3. The van der Waals surface area contributed by atoms with E-state index in [1.165, 1.54) is 0 Å². The first-order valence-corrected chi connectivity index (χ1v) is 13.8. The van der Waals surface area contributed by atoms with Gasteiger partial charge in [0.1, 0.15) is 6.04 Å². The molecule has 0 spiro atoms. The highest BCUT2D eigenvalue weighted by atomic mass is 16.8. The zero-order valence-corrected chi connectivity index (χ0v) is 22.3. The van der Waals surface area contributed by atoms with Crippen LogP contribution in [0.3, 0.4) is 0 Å². The first-order chi connectivity index (χ1) is 17.9. The Hall–Kier alpha value is -2.71. The minimum atomic E-state index is -0.660. The third kappa shape index (κ3) is 9.93. The number of rotatable bonds is 7. The lowest BCUT2D eigenvalue weighted by Crippen LogP contribution is -2.52. The monoisotopic (exact) mass is 513 g/mol. The van der Waals surface area contributed by atoms with E-state index in [0.717, 1.165) is 50.5 Å². The van der Waals surface area contributed by atoms with Crippen molar-refractivity contribution in [3.8, 4) is 0 Å². The number of carbonyl (C=O) groups is 3. The molecule has 204 valence electrons. The summed E-state index contributed by atoms with van der Waals surface area (Å²) in [5.41, 5.74) is 3.52. The average Bonchev–Trinajstić information content (AvgIpc) is 2.90. The Morgan fingerprint density at radius 2 is 1.84 bits per heavy atom. The second kappa shape index (κ2) is 15.5. The third-order valence-electron chi connectivity index (χ3n) is 6.89. The average molecular weight is 514 g/mol. The number of carbonyl (C=O) groups excluding carboxylic acids is 3. The van der Waals surface area contributed by atoms with Crippen molar-refractivity contribution in [1.29, 1.82) is 0 Å². The summed E-state index contributed by atoms with van der Waals surface area (Å²) in [6.07, 6.45) is 10.5. The van der Waals surface area contributed by atoms with Crippen molar-refractivity contribution in [3.05, 3.63) is 48.0 Å². The molecule has 1 aromatic rings. The van der Waals surface area contributed by atoms with E-state index < -0.39 is 18.2 Å². The molecule has 3 rings (SSSR count). The van der Waals surface area contributed by atoms with Crippen LogP contribution in [0.4, 0.5) is 0 Å². The number of allylic oxidation sites excluding steroid dienone is 2. The smallest absolute Gasteiger partial charge is 0.245 e. The second-order valence-corrected chi connectivity index (χ2v) is 10.4. The van der Waals surface area contributed by atoms with Gasteiger partial charge in [-0.3, -0.25) is 14.4 Å². The van der Waals surface area contributed by atoms with Gasteiger partial charge in [0.25, 0.3) is 0 Å². The minimum absolute atomic E-state index is 0.00496. The van der Waals surface area contributed by atoms with Gasteiger partial charge in [0, 0.05) is 38.5 Å². The molecule has 2 aliphatic rings. The number of ether oxygens (including phenoxy) is 1. The summed E-state index contributed by atoms with van der Waals surface area (Å²) >= 11 is 0. The Morgan fingerprint density at radius 3 is 2.54 bits per heavy atom. The lowest BCUT2D eigenvalue weighted by molar-refractivity contribution is -0.200. The Balaban J connectivity index is 1.70. The summed E-state index contributed by atoms with van der Waals surface area (Å²) in [5, 5.41) is 3.00. The van der Waals surface area contributed by atoms with E-state index in [1.807, 2.05) is 49.1 Å². The molecule has 8 heteroatoms. The fraction of sp³-hybridized carbons (Fsp3) is 0.621. The van der Waals surface area contributed by atoms with Gasteiger partial charge < -0.3 is 15.0 Å². The summed E-state index contributed by atoms with van der Waals surface area (Å²) < 4.78 is 5.49. The molecule has 3 amide bonds. The first kappa shape index (κ1) is 28.9. The molecule has 8 nitrogen and oxygen atoms in total. The molecule has 2 aliphatic heterocycles. The van der Waals surface area contributed by atoms with Crippen LogP contribution < -0.4 is 10.8 Å². The Labute approximate surface area is 221 Å². The lowest BCUT2D eigenvalue weighted by atomic mass is 9.94. The molecule has 0 radical (unpaired) electrons. The molecule has 3 atom stereocenters. The zero-order chi connectivity index (χ0) is 26.5. The maximum absolute atomic E-state index is 13.7. The molecule has 1 saturated heterocycles. The number of hydrogen-bond acceptors (Lipinski definition) is 5. The van der Waals surface area contributed by atoms with Gasteiger partial charge >= 0.3 is 0 Å². The summed E-state index contributed by atoms with van der Waals surface area (Å²) in [5.74, 6) is -1.36. The Morgan fingerprint density at radius 1 is 1.08 bits per heavy atom. The van der Waals surface area contributed by atoms with Gasteiger partial charge in [-0.15, -0.1) is 0 Å². The molecule has 1 fully saturated rings. The lowest BCUT2D eigenvalue weighted by Gasteiger charge is -2.31. The number of benzene rings is 1. The van der Waals surface area contributed by atoms with Crippen molar-refractivity contribution in [2.45, 2.75) is 90.5 Å². The fourth-order valence-corrected chi connectivity index (χ4v) is 4.70. The van der Waals surface area contributed by atoms with Crippen LogP contribution >= 0.6 is 0 Å². The topological polar surface area (TPSA) is 97.0 Å². The van der Waals surface area contributed by atoms with Crippen molar-refractivity contribution in [1.82, 2.24) is 15.7 Å². The molecular weight excluding hydrogens is 470 g/mol. The fourth-order valence-electron chi connectivity index (χ4n) is 4.70. The van der Waals surface area contributed by atoms with Gasteiger partial charge in [0.05, 0.1) is 0 Å². The molecule has 0 aromatic heterocycles. The van der Waals surface area contributed by atoms with Crippen LogP contribution in [0.1, 0.15) is 77.2 Å². The maximum Gasteiger partial charge on any atom is 0.245 e. The highest BCUT2D eigenvalue weighted by Gasteiger charge is 2.32. The largest absolute Gasteiger partial charge is 0.350 e. The first-order valence-electron chi connectivity index (χ1n) is 13.8. The van der Waals surface area contributed by atoms with E-state index in [-0.39, 0.29) is 30.1 Å². The summed E-state index contributed by atoms with van der Waals surface area (Å²) in [7, 11) is 0. The van der Waals surface area contributed by atoms with E-state index in [1.54, 1.807) is 0 Å². The van der Waals surface area contributed by atoms with Crippen LogP contribution in [0.2, 0.25) is 0 Å². The molecule has 1 aromatic carbocycles. The number of amides is 3. The molecule has 1 unspecified atom stereocenters. The van der Waals surface area contributed by atoms with Gasteiger partial charge in [-0.05, 0) is 56.4 Å².